The van der Waals surface area contributed by atoms with Gasteiger partial charge in [0.25, 0.3) is 5.56 Å². The van der Waals surface area contributed by atoms with Crippen LogP contribution in [0.2, 0.25) is 0 Å². The standard InChI is InChI=1S/C21H22N2O2S2/c1-5-10-26-20-22-18-17(14-11-21(3,4)25-12-16(14)27-18)19(24)23(20)15-9-7-6-8-13(15)2/h5-9H,1,10-12H2,2-4H3. The molecular formula is C21H22N2O2S2. The summed E-state index contributed by atoms with van der Waals surface area (Å²) >= 11 is 3.12. The van der Waals surface area contributed by atoms with Crippen LogP contribution < -0.4 is 5.56 Å². The van der Waals surface area contributed by atoms with Crippen LogP contribution in [0.15, 0.2) is 46.9 Å². The minimum Gasteiger partial charge on any atom is -0.370 e. The van der Waals surface area contributed by atoms with E-state index in [1.54, 1.807) is 15.9 Å². The van der Waals surface area contributed by atoms with Gasteiger partial charge >= 0.3 is 0 Å². The molecule has 0 atom stereocenters. The topological polar surface area (TPSA) is 44.1 Å². The van der Waals surface area contributed by atoms with Gasteiger partial charge in [-0.2, -0.15) is 0 Å². The fourth-order valence-corrected chi connectivity index (χ4v) is 5.32. The quantitative estimate of drug-likeness (QED) is 0.357. The molecule has 0 fully saturated rings. The lowest BCUT2D eigenvalue weighted by Crippen LogP contribution is -2.32. The number of hydrogen-bond acceptors (Lipinski definition) is 5. The third-order valence-electron chi connectivity index (χ3n) is 4.76. The molecule has 0 bridgehead atoms. The molecule has 0 saturated heterocycles. The Labute approximate surface area is 166 Å². The van der Waals surface area contributed by atoms with E-state index in [2.05, 4.69) is 20.4 Å². The molecule has 27 heavy (non-hydrogen) atoms. The summed E-state index contributed by atoms with van der Waals surface area (Å²) in [5, 5.41) is 1.46. The molecule has 0 amide bonds. The largest absolute Gasteiger partial charge is 0.370 e. The normalized spacial score (nSPS) is 15.7. The number of thiophene rings is 1. The highest BCUT2D eigenvalue weighted by atomic mass is 32.2. The Balaban J connectivity index is 2.03. The Morgan fingerprint density at radius 3 is 2.93 bits per heavy atom. The van der Waals surface area contributed by atoms with Gasteiger partial charge in [0.1, 0.15) is 4.83 Å². The molecule has 3 aromatic rings. The minimum atomic E-state index is -0.267. The van der Waals surface area contributed by atoms with Gasteiger partial charge < -0.3 is 4.74 Å². The van der Waals surface area contributed by atoms with Crippen molar-refractivity contribution in [3.63, 3.8) is 0 Å². The fourth-order valence-electron chi connectivity index (χ4n) is 3.43. The van der Waals surface area contributed by atoms with Crippen molar-refractivity contribution >= 4 is 33.3 Å². The van der Waals surface area contributed by atoms with Crippen LogP contribution in [0.3, 0.4) is 0 Å². The number of aromatic nitrogens is 2. The predicted molar refractivity (Wildman–Crippen MR) is 113 cm³/mol. The van der Waals surface area contributed by atoms with Crippen LogP contribution in [0, 0.1) is 6.92 Å². The molecule has 4 rings (SSSR count). The second kappa shape index (κ2) is 6.93. The second-order valence-electron chi connectivity index (χ2n) is 7.33. The maximum absolute atomic E-state index is 13.7. The highest BCUT2D eigenvalue weighted by Crippen LogP contribution is 2.38. The van der Waals surface area contributed by atoms with Crippen molar-refractivity contribution in [3.05, 3.63) is 63.3 Å². The van der Waals surface area contributed by atoms with Gasteiger partial charge in [-0.1, -0.05) is 36.0 Å². The van der Waals surface area contributed by atoms with Gasteiger partial charge in [-0.3, -0.25) is 9.36 Å². The van der Waals surface area contributed by atoms with E-state index >= 15 is 0 Å². The molecule has 0 N–H and O–H groups in total. The summed E-state index contributed by atoms with van der Waals surface area (Å²) in [7, 11) is 0. The number of thioether (sulfide) groups is 1. The van der Waals surface area contributed by atoms with Crippen LogP contribution in [0.4, 0.5) is 0 Å². The van der Waals surface area contributed by atoms with E-state index in [1.165, 1.54) is 11.8 Å². The minimum absolute atomic E-state index is 0.0102. The van der Waals surface area contributed by atoms with Crippen molar-refractivity contribution in [2.45, 2.75) is 44.6 Å². The third-order valence-corrected chi connectivity index (χ3v) is 6.79. The zero-order valence-electron chi connectivity index (χ0n) is 15.7. The first-order chi connectivity index (χ1) is 12.9. The lowest BCUT2D eigenvalue weighted by Gasteiger charge is -2.30. The molecule has 0 radical (unpaired) electrons. The summed E-state index contributed by atoms with van der Waals surface area (Å²) in [6, 6.07) is 7.95. The highest BCUT2D eigenvalue weighted by molar-refractivity contribution is 7.99. The number of benzene rings is 1. The fraction of sp³-hybridized carbons (Fsp3) is 0.333. The number of fused-ring (bicyclic) bond motifs is 3. The average molecular weight is 399 g/mol. The Bertz CT molecular complexity index is 1100. The van der Waals surface area contributed by atoms with E-state index in [0.717, 1.165) is 38.3 Å². The molecule has 1 aliphatic heterocycles. The van der Waals surface area contributed by atoms with Crippen LogP contribution in [0.25, 0.3) is 15.9 Å². The van der Waals surface area contributed by atoms with E-state index < -0.39 is 0 Å². The van der Waals surface area contributed by atoms with Gasteiger partial charge in [-0.05, 0) is 38.0 Å². The number of rotatable bonds is 4. The molecule has 6 heteroatoms. The molecule has 0 saturated carbocycles. The van der Waals surface area contributed by atoms with Crippen LogP contribution in [-0.4, -0.2) is 20.9 Å². The molecule has 0 spiro atoms. The Morgan fingerprint density at radius 2 is 2.19 bits per heavy atom. The van der Waals surface area contributed by atoms with Gasteiger partial charge in [0.15, 0.2) is 5.16 Å². The molecule has 0 aliphatic carbocycles. The second-order valence-corrected chi connectivity index (χ2v) is 9.40. The summed E-state index contributed by atoms with van der Waals surface area (Å²) in [6.45, 7) is 10.5. The first-order valence-corrected chi connectivity index (χ1v) is 10.7. The van der Waals surface area contributed by atoms with Gasteiger partial charge in [-0.25, -0.2) is 4.98 Å². The summed E-state index contributed by atoms with van der Waals surface area (Å²) in [5.41, 5.74) is 2.78. The van der Waals surface area contributed by atoms with Gasteiger partial charge in [0.05, 0.1) is 23.3 Å². The van der Waals surface area contributed by atoms with E-state index in [-0.39, 0.29) is 11.2 Å². The lowest BCUT2D eigenvalue weighted by molar-refractivity contribution is -0.0379. The smallest absolute Gasteiger partial charge is 0.267 e. The van der Waals surface area contributed by atoms with Crippen molar-refractivity contribution in [1.82, 2.24) is 9.55 Å². The zero-order chi connectivity index (χ0) is 19.2. The van der Waals surface area contributed by atoms with Crippen molar-refractivity contribution in [2.75, 3.05) is 5.75 Å². The van der Waals surface area contributed by atoms with E-state index in [4.69, 9.17) is 9.72 Å². The number of hydrogen-bond donors (Lipinski definition) is 0. The van der Waals surface area contributed by atoms with Crippen LogP contribution in [-0.2, 0) is 17.8 Å². The van der Waals surface area contributed by atoms with Gasteiger partial charge in [-0.15, -0.1) is 17.9 Å². The number of nitrogens with zero attached hydrogens (tertiary/aromatic N) is 2. The first kappa shape index (κ1) is 18.5. The number of para-hydroxylation sites is 1. The van der Waals surface area contributed by atoms with Gasteiger partial charge in [0, 0.05) is 17.1 Å². The maximum atomic E-state index is 13.7. The third kappa shape index (κ3) is 3.26. The van der Waals surface area contributed by atoms with Crippen LogP contribution in [0.5, 0.6) is 0 Å². The molecular weight excluding hydrogens is 376 g/mol. The van der Waals surface area contributed by atoms with Gasteiger partial charge in [0.2, 0.25) is 0 Å². The summed E-state index contributed by atoms with van der Waals surface area (Å²) in [6.07, 6.45) is 2.56. The molecule has 140 valence electrons. The zero-order valence-corrected chi connectivity index (χ0v) is 17.4. The Kier molecular flexibility index (Phi) is 4.74. The summed E-state index contributed by atoms with van der Waals surface area (Å²) < 4.78 is 7.71. The molecule has 4 nitrogen and oxygen atoms in total. The summed E-state index contributed by atoms with van der Waals surface area (Å²) in [4.78, 5) is 20.5. The molecule has 3 heterocycles. The monoisotopic (exact) mass is 398 g/mol. The molecule has 0 unspecified atom stereocenters. The van der Waals surface area contributed by atoms with Crippen LogP contribution in [0.1, 0.15) is 29.9 Å². The predicted octanol–water partition coefficient (Wildman–Crippen LogP) is 4.89. The number of aryl methyl sites for hydroxylation is 1. The highest BCUT2D eigenvalue weighted by Gasteiger charge is 2.31. The Hall–Kier alpha value is -1.89. The molecule has 2 aromatic heterocycles. The lowest BCUT2D eigenvalue weighted by atomic mass is 9.94. The number of ether oxygens (including phenoxy) is 1. The molecule has 1 aromatic carbocycles. The van der Waals surface area contributed by atoms with E-state index in [9.17, 15) is 4.79 Å². The van der Waals surface area contributed by atoms with Crippen molar-refractivity contribution in [1.29, 1.82) is 0 Å². The van der Waals surface area contributed by atoms with Crippen molar-refractivity contribution < 1.29 is 4.74 Å². The Morgan fingerprint density at radius 1 is 1.41 bits per heavy atom. The van der Waals surface area contributed by atoms with E-state index in [1.807, 2.05) is 37.3 Å². The van der Waals surface area contributed by atoms with Crippen molar-refractivity contribution in [3.8, 4) is 5.69 Å². The SMILES string of the molecule is C=CCSc1nc2sc3c(c2c(=O)n1-c1ccccc1C)CC(C)(C)OC3. The van der Waals surface area contributed by atoms with Crippen LogP contribution >= 0.6 is 23.1 Å². The average Bonchev–Trinajstić information content (AvgIpc) is 2.97. The first-order valence-electron chi connectivity index (χ1n) is 8.92. The summed E-state index contributed by atoms with van der Waals surface area (Å²) in [5.74, 6) is 0.699. The van der Waals surface area contributed by atoms with Crippen molar-refractivity contribution in [2.24, 2.45) is 0 Å². The van der Waals surface area contributed by atoms with E-state index in [0.29, 0.717) is 17.5 Å². The molecule has 1 aliphatic rings. The maximum Gasteiger partial charge on any atom is 0.267 e.